The van der Waals surface area contributed by atoms with Crippen LogP contribution in [0.5, 0.6) is 0 Å². The van der Waals surface area contributed by atoms with Gasteiger partial charge < -0.3 is 13.9 Å². The van der Waals surface area contributed by atoms with E-state index in [1.807, 2.05) is 0 Å². The van der Waals surface area contributed by atoms with Crippen molar-refractivity contribution in [3.63, 3.8) is 0 Å². The first kappa shape index (κ1) is 12.0. The van der Waals surface area contributed by atoms with E-state index in [1.165, 1.54) is 0 Å². The molecule has 1 aromatic carbocycles. The zero-order valence-electron chi connectivity index (χ0n) is 9.11. The number of ether oxygens (including phenoxy) is 2. The van der Waals surface area contributed by atoms with Crippen LogP contribution in [0.15, 0.2) is 27.4 Å². The van der Waals surface area contributed by atoms with E-state index in [9.17, 15) is 4.79 Å². The second kappa shape index (κ2) is 4.55. The summed E-state index contributed by atoms with van der Waals surface area (Å²) >= 11 is 12.1. The number of hydrogen-bond acceptors (Lipinski definition) is 4. The Labute approximate surface area is 112 Å². The van der Waals surface area contributed by atoms with Crippen LogP contribution in [0.2, 0.25) is 10.0 Å². The average Bonchev–Trinajstić information content (AvgIpc) is 2.84. The van der Waals surface area contributed by atoms with Crippen molar-refractivity contribution < 1.29 is 13.9 Å². The molecule has 0 unspecified atom stereocenters. The molecular formula is C12H8Cl2O4. The highest BCUT2D eigenvalue weighted by atomic mass is 35.5. The standard InChI is InChI=1S/C12H8Cl2O4/c13-6-1-2-8-7(5-6)10(14)9(11(15)18-8)12-16-3-4-17-12/h1-2,5,12H,3-4H2. The maximum absolute atomic E-state index is 11.9. The highest BCUT2D eigenvalue weighted by Crippen LogP contribution is 2.33. The van der Waals surface area contributed by atoms with Crippen LogP contribution in [0.1, 0.15) is 11.9 Å². The SMILES string of the molecule is O=c1oc2ccc(Cl)cc2c(Cl)c1C1OCCO1. The average molecular weight is 287 g/mol. The molecule has 0 bridgehead atoms. The molecule has 4 nitrogen and oxygen atoms in total. The van der Waals surface area contributed by atoms with Gasteiger partial charge in [0.2, 0.25) is 0 Å². The van der Waals surface area contributed by atoms with Crippen molar-refractivity contribution >= 4 is 34.2 Å². The summed E-state index contributed by atoms with van der Waals surface area (Å²) in [6.07, 6.45) is -0.767. The summed E-state index contributed by atoms with van der Waals surface area (Å²) in [6, 6.07) is 4.87. The molecule has 0 spiro atoms. The summed E-state index contributed by atoms with van der Waals surface area (Å²) in [4.78, 5) is 11.9. The molecule has 0 saturated carbocycles. The summed E-state index contributed by atoms with van der Waals surface area (Å²) in [7, 11) is 0. The van der Waals surface area contributed by atoms with E-state index in [0.717, 1.165) is 0 Å². The van der Waals surface area contributed by atoms with E-state index in [-0.39, 0.29) is 10.6 Å². The molecule has 0 amide bonds. The minimum atomic E-state index is -0.767. The predicted molar refractivity (Wildman–Crippen MR) is 67.1 cm³/mol. The summed E-state index contributed by atoms with van der Waals surface area (Å²) in [5.41, 5.74) is 0.0156. The summed E-state index contributed by atoms with van der Waals surface area (Å²) < 4.78 is 15.7. The van der Waals surface area contributed by atoms with Gasteiger partial charge in [-0.2, -0.15) is 0 Å². The van der Waals surface area contributed by atoms with Crippen molar-refractivity contribution in [3.8, 4) is 0 Å². The zero-order valence-corrected chi connectivity index (χ0v) is 10.6. The van der Waals surface area contributed by atoms with Gasteiger partial charge in [-0.3, -0.25) is 0 Å². The Hall–Kier alpha value is -1.07. The Bertz CT molecular complexity index is 659. The lowest BCUT2D eigenvalue weighted by Crippen LogP contribution is -2.14. The lowest BCUT2D eigenvalue weighted by molar-refractivity contribution is -0.0460. The quantitative estimate of drug-likeness (QED) is 0.756. The molecule has 2 aromatic rings. The predicted octanol–water partition coefficient (Wildman–Crippen LogP) is 3.15. The lowest BCUT2D eigenvalue weighted by atomic mass is 10.2. The van der Waals surface area contributed by atoms with E-state index < -0.39 is 11.9 Å². The summed E-state index contributed by atoms with van der Waals surface area (Å²) in [5, 5.41) is 1.34. The van der Waals surface area contributed by atoms with E-state index in [1.54, 1.807) is 18.2 Å². The van der Waals surface area contributed by atoms with Gasteiger partial charge in [-0.05, 0) is 18.2 Å². The first-order chi connectivity index (χ1) is 8.66. The topological polar surface area (TPSA) is 48.7 Å². The van der Waals surface area contributed by atoms with Crippen LogP contribution in [0.3, 0.4) is 0 Å². The summed E-state index contributed by atoms with van der Waals surface area (Å²) in [6.45, 7) is 0.849. The van der Waals surface area contributed by atoms with Crippen LogP contribution >= 0.6 is 23.2 Å². The lowest BCUT2D eigenvalue weighted by Gasteiger charge is -2.11. The Balaban J connectivity index is 2.28. The Morgan fingerprint density at radius 1 is 1.17 bits per heavy atom. The van der Waals surface area contributed by atoms with Crippen molar-refractivity contribution in [2.24, 2.45) is 0 Å². The number of benzene rings is 1. The molecule has 94 valence electrons. The van der Waals surface area contributed by atoms with Gasteiger partial charge in [-0.15, -0.1) is 0 Å². The molecule has 1 aliphatic rings. The fraction of sp³-hybridized carbons (Fsp3) is 0.250. The van der Waals surface area contributed by atoms with Gasteiger partial charge in [-0.1, -0.05) is 23.2 Å². The number of hydrogen-bond donors (Lipinski definition) is 0. The fourth-order valence-electron chi connectivity index (χ4n) is 1.88. The maximum atomic E-state index is 11.9. The fourth-order valence-corrected chi connectivity index (χ4v) is 2.36. The number of fused-ring (bicyclic) bond motifs is 1. The van der Waals surface area contributed by atoms with E-state index in [2.05, 4.69) is 0 Å². The zero-order chi connectivity index (χ0) is 12.7. The van der Waals surface area contributed by atoms with Crippen molar-refractivity contribution in [2.45, 2.75) is 6.29 Å². The van der Waals surface area contributed by atoms with Gasteiger partial charge in [-0.25, -0.2) is 4.79 Å². The molecule has 1 aromatic heterocycles. The third-order valence-electron chi connectivity index (χ3n) is 2.69. The Kier molecular flexibility index (Phi) is 3.03. The van der Waals surface area contributed by atoms with Gasteiger partial charge >= 0.3 is 5.63 Å². The molecule has 18 heavy (non-hydrogen) atoms. The van der Waals surface area contributed by atoms with Crippen LogP contribution in [-0.4, -0.2) is 13.2 Å². The van der Waals surface area contributed by atoms with Gasteiger partial charge in [0.05, 0.1) is 18.2 Å². The van der Waals surface area contributed by atoms with Crippen LogP contribution < -0.4 is 5.63 Å². The van der Waals surface area contributed by atoms with Crippen molar-refractivity contribution in [2.75, 3.05) is 13.2 Å². The molecule has 0 aliphatic carbocycles. The van der Waals surface area contributed by atoms with Gasteiger partial charge in [0, 0.05) is 10.4 Å². The molecule has 2 heterocycles. The number of halogens is 2. The first-order valence-corrected chi connectivity index (χ1v) is 6.07. The Morgan fingerprint density at radius 3 is 2.61 bits per heavy atom. The van der Waals surface area contributed by atoms with Crippen molar-refractivity contribution in [1.82, 2.24) is 0 Å². The first-order valence-electron chi connectivity index (χ1n) is 5.32. The Morgan fingerprint density at radius 2 is 1.89 bits per heavy atom. The van der Waals surface area contributed by atoms with Gasteiger partial charge in [0.1, 0.15) is 11.1 Å². The van der Waals surface area contributed by atoms with Crippen LogP contribution in [0.25, 0.3) is 11.0 Å². The largest absolute Gasteiger partial charge is 0.422 e. The maximum Gasteiger partial charge on any atom is 0.346 e. The molecule has 1 saturated heterocycles. The normalized spacial score (nSPS) is 16.6. The van der Waals surface area contributed by atoms with Crippen LogP contribution in [-0.2, 0) is 9.47 Å². The molecule has 0 atom stereocenters. The smallest absolute Gasteiger partial charge is 0.346 e. The van der Waals surface area contributed by atoms with Crippen molar-refractivity contribution in [3.05, 3.63) is 44.2 Å². The molecule has 3 rings (SSSR count). The van der Waals surface area contributed by atoms with Crippen LogP contribution in [0, 0.1) is 0 Å². The van der Waals surface area contributed by atoms with Crippen LogP contribution in [0.4, 0.5) is 0 Å². The molecule has 1 aliphatic heterocycles. The molecule has 0 radical (unpaired) electrons. The minimum absolute atomic E-state index is 0.184. The minimum Gasteiger partial charge on any atom is -0.422 e. The van der Waals surface area contributed by atoms with E-state index in [4.69, 9.17) is 37.1 Å². The summed E-state index contributed by atoms with van der Waals surface area (Å²) in [5.74, 6) is 0. The van der Waals surface area contributed by atoms with E-state index in [0.29, 0.717) is 29.2 Å². The molecular weight excluding hydrogens is 279 g/mol. The number of rotatable bonds is 1. The molecule has 6 heteroatoms. The second-order valence-corrected chi connectivity index (χ2v) is 4.65. The highest BCUT2D eigenvalue weighted by molar-refractivity contribution is 6.37. The third-order valence-corrected chi connectivity index (χ3v) is 3.34. The van der Waals surface area contributed by atoms with Gasteiger partial charge in [0.15, 0.2) is 6.29 Å². The monoisotopic (exact) mass is 286 g/mol. The van der Waals surface area contributed by atoms with E-state index >= 15 is 0 Å². The molecule has 1 fully saturated rings. The van der Waals surface area contributed by atoms with Gasteiger partial charge in [0.25, 0.3) is 0 Å². The van der Waals surface area contributed by atoms with Crippen molar-refractivity contribution in [1.29, 1.82) is 0 Å². The second-order valence-electron chi connectivity index (χ2n) is 3.83. The highest BCUT2D eigenvalue weighted by Gasteiger charge is 2.26. The molecule has 0 N–H and O–H groups in total. The third kappa shape index (κ3) is 1.91.